The van der Waals surface area contributed by atoms with E-state index in [2.05, 4.69) is 15.4 Å². The smallest absolute Gasteiger partial charge is 0.387 e. The molecule has 2 aromatic rings. The molecule has 3 N–H and O–H groups in total. The Hall–Kier alpha value is -2.74. The van der Waals surface area contributed by atoms with Gasteiger partial charge in [0.15, 0.2) is 0 Å². The topological polar surface area (TPSA) is 70.6 Å². The van der Waals surface area contributed by atoms with Gasteiger partial charge in [-0.1, -0.05) is 12.1 Å². The summed E-state index contributed by atoms with van der Waals surface area (Å²) in [6, 6.07) is 10.1. The second-order valence-corrected chi connectivity index (χ2v) is 4.81. The SMILES string of the molecule is O=C(NCC(O)c1cccc(OC(F)F)c1)Nc1ccc(F)cc1. The number of alkyl halides is 2. The number of carbonyl (C=O) groups excluding carboxylic acids is 1. The van der Waals surface area contributed by atoms with E-state index < -0.39 is 24.6 Å². The van der Waals surface area contributed by atoms with Crippen LogP contribution in [0.15, 0.2) is 48.5 Å². The summed E-state index contributed by atoms with van der Waals surface area (Å²) in [7, 11) is 0. The summed E-state index contributed by atoms with van der Waals surface area (Å²) >= 11 is 0. The number of benzene rings is 2. The largest absolute Gasteiger partial charge is 0.435 e. The van der Waals surface area contributed by atoms with Crippen molar-refractivity contribution in [2.75, 3.05) is 11.9 Å². The van der Waals surface area contributed by atoms with E-state index in [1.165, 1.54) is 48.5 Å². The molecule has 2 rings (SSSR count). The average Bonchev–Trinajstić information content (AvgIpc) is 2.54. The van der Waals surface area contributed by atoms with Crippen molar-refractivity contribution in [2.45, 2.75) is 12.7 Å². The molecule has 0 aliphatic rings. The van der Waals surface area contributed by atoms with Crippen LogP contribution in [-0.4, -0.2) is 24.3 Å². The zero-order valence-electron chi connectivity index (χ0n) is 12.4. The highest BCUT2D eigenvalue weighted by atomic mass is 19.3. The lowest BCUT2D eigenvalue weighted by Gasteiger charge is -2.14. The van der Waals surface area contributed by atoms with E-state index >= 15 is 0 Å². The fraction of sp³-hybridized carbons (Fsp3) is 0.188. The Kier molecular flexibility index (Phi) is 6.02. The van der Waals surface area contributed by atoms with Crippen LogP contribution in [0.5, 0.6) is 5.75 Å². The van der Waals surface area contributed by atoms with Gasteiger partial charge in [0.05, 0.1) is 6.10 Å². The maximum Gasteiger partial charge on any atom is 0.387 e. The molecule has 0 bridgehead atoms. The first kappa shape index (κ1) is 17.6. The molecule has 0 radical (unpaired) electrons. The minimum Gasteiger partial charge on any atom is -0.435 e. The Balaban J connectivity index is 1.86. The molecule has 24 heavy (non-hydrogen) atoms. The lowest BCUT2D eigenvalue weighted by molar-refractivity contribution is -0.0499. The maximum atomic E-state index is 12.8. The summed E-state index contributed by atoms with van der Waals surface area (Å²) in [4.78, 5) is 11.7. The van der Waals surface area contributed by atoms with E-state index in [4.69, 9.17) is 0 Å². The van der Waals surface area contributed by atoms with Crippen LogP contribution in [0.1, 0.15) is 11.7 Å². The molecule has 0 heterocycles. The second-order valence-electron chi connectivity index (χ2n) is 4.81. The Morgan fingerprint density at radius 1 is 1.17 bits per heavy atom. The van der Waals surface area contributed by atoms with Crippen LogP contribution < -0.4 is 15.4 Å². The van der Waals surface area contributed by atoms with Crippen molar-refractivity contribution in [3.8, 4) is 5.75 Å². The molecule has 1 atom stereocenters. The van der Waals surface area contributed by atoms with Gasteiger partial charge in [0.2, 0.25) is 0 Å². The molecule has 0 aliphatic carbocycles. The summed E-state index contributed by atoms with van der Waals surface area (Å²) in [5.74, 6) is -0.514. The Bertz CT molecular complexity index is 681. The van der Waals surface area contributed by atoms with Crippen LogP contribution in [0.4, 0.5) is 23.7 Å². The number of urea groups is 1. The van der Waals surface area contributed by atoms with Crippen molar-refractivity contribution in [2.24, 2.45) is 0 Å². The number of nitrogens with one attached hydrogen (secondary N) is 2. The van der Waals surface area contributed by atoms with E-state index in [1.807, 2.05) is 0 Å². The molecular weight excluding hydrogens is 325 g/mol. The van der Waals surface area contributed by atoms with Crippen molar-refractivity contribution >= 4 is 11.7 Å². The van der Waals surface area contributed by atoms with Gasteiger partial charge in [-0.15, -0.1) is 0 Å². The number of hydrogen-bond donors (Lipinski definition) is 3. The van der Waals surface area contributed by atoms with Gasteiger partial charge >= 0.3 is 12.6 Å². The molecular formula is C16H15F3N2O3. The van der Waals surface area contributed by atoms with E-state index in [0.717, 1.165) is 0 Å². The first-order chi connectivity index (χ1) is 11.4. The molecule has 5 nitrogen and oxygen atoms in total. The van der Waals surface area contributed by atoms with Gasteiger partial charge in [0, 0.05) is 12.2 Å². The number of rotatable bonds is 6. The Morgan fingerprint density at radius 3 is 2.54 bits per heavy atom. The van der Waals surface area contributed by atoms with Crippen LogP contribution in [0.25, 0.3) is 0 Å². The third-order valence-electron chi connectivity index (χ3n) is 3.03. The van der Waals surface area contributed by atoms with E-state index in [0.29, 0.717) is 11.3 Å². The van der Waals surface area contributed by atoms with E-state index in [-0.39, 0.29) is 12.3 Å². The fourth-order valence-corrected chi connectivity index (χ4v) is 1.91. The highest BCUT2D eigenvalue weighted by Gasteiger charge is 2.12. The molecule has 2 aromatic carbocycles. The monoisotopic (exact) mass is 340 g/mol. The summed E-state index contributed by atoms with van der Waals surface area (Å²) < 4.78 is 41.3. The minimum absolute atomic E-state index is 0.0858. The number of ether oxygens (including phenoxy) is 1. The zero-order valence-corrected chi connectivity index (χ0v) is 12.4. The number of aliphatic hydroxyl groups is 1. The zero-order chi connectivity index (χ0) is 17.5. The van der Waals surface area contributed by atoms with Crippen LogP contribution in [0, 0.1) is 5.82 Å². The quantitative estimate of drug-likeness (QED) is 0.756. The van der Waals surface area contributed by atoms with Crippen LogP contribution in [0.2, 0.25) is 0 Å². The predicted molar refractivity (Wildman–Crippen MR) is 81.5 cm³/mol. The van der Waals surface area contributed by atoms with Crippen molar-refractivity contribution < 1.29 is 27.8 Å². The molecule has 0 saturated heterocycles. The molecule has 1 unspecified atom stereocenters. The Morgan fingerprint density at radius 2 is 1.88 bits per heavy atom. The number of aliphatic hydroxyl groups excluding tert-OH is 1. The lowest BCUT2D eigenvalue weighted by atomic mass is 10.1. The molecule has 0 fully saturated rings. The summed E-state index contributed by atoms with van der Waals surface area (Å²) in [6.07, 6.45) is -1.11. The van der Waals surface area contributed by atoms with E-state index in [1.54, 1.807) is 0 Å². The number of amides is 2. The molecule has 128 valence electrons. The van der Waals surface area contributed by atoms with Crippen molar-refractivity contribution in [3.05, 3.63) is 59.9 Å². The van der Waals surface area contributed by atoms with Gasteiger partial charge < -0.3 is 20.5 Å². The summed E-state index contributed by atoms with van der Waals surface area (Å²) in [5.41, 5.74) is 0.700. The number of anilines is 1. The predicted octanol–water partition coefficient (Wildman–Crippen LogP) is 3.28. The first-order valence-corrected chi connectivity index (χ1v) is 6.97. The van der Waals surface area contributed by atoms with Crippen molar-refractivity contribution in [3.63, 3.8) is 0 Å². The summed E-state index contributed by atoms with van der Waals surface area (Å²) in [6.45, 7) is -3.11. The summed E-state index contributed by atoms with van der Waals surface area (Å²) in [5, 5.41) is 14.9. The van der Waals surface area contributed by atoms with Crippen LogP contribution >= 0.6 is 0 Å². The van der Waals surface area contributed by atoms with Crippen molar-refractivity contribution in [1.82, 2.24) is 5.32 Å². The first-order valence-electron chi connectivity index (χ1n) is 6.97. The molecule has 2 amide bonds. The minimum atomic E-state index is -2.96. The normalized spacial score (nSPS) is 11.9. The van der Waals surface area contributed by atoms with Gasteiger partial charge in [-0.3, -0.25) is 0 Å². The molecule has 8 heteroatoms. The number of halogens is 3. The number of hydrogen-bond acceptors (Lipinski definition) is 3. The fourth-order valence-electron chi connectivity index (χ4n) is 1.91. The van der Waals surface area contributed by atoms with Gasteiger partial charge in [-0.2, -0.15) is 8.78 Å². The van der Waals surface area contributed by atoms with E-state index in [9.17, 15) is 23.1 Å². The highest BCUT2D eigenvalue weighted by molar-refractivity contribution is 5.89. The Labute approximate surface area is 136 Å². The molecule has 0 aliphatic heterocycles. The molecule has 0 spiro atoms. The molecule has 0 saturated carbocycles. The van der Waals surface area contributed by atoms with Crippen LogP contribution in [-0.2, 0) is 0 Å². The average molecular weight is 340 g/mol. The molecule has 0 aromatic heterocycles. The van der Waals surface area contributed by atoms with Gasteiger partial charge in [-0.25, -0.2) is 9.18 Å². The van der Waals surface area contributed by atoms with Crippen LogP contribution in [0.3, 0.4) is 0 Å². The third-order valence-corrected chi connectivity index (χ3v) is 3.03. The highest BCUT2D eigenvalue weighted by Crippen LogP contribution is 2.20. The maximum absolute atomic E-state index is 12.8. The standard InChI is InChI=1S/C16H15F3N2O3/c17-11-4-6-12(7-5-11)21-16(23)20-9-14(22)10-2-1-3-13(8-10)24-15(18)19/h1-8,14-15,22H,9H2,(H2,20,21,23). The third kappa shape index (κ3) is 5.47. The van der Waals surface area contributed by atoms with Gasteiger partial charge in [0.1, 0.15) is 11.6 Å². The van der Waals surface area contributed by atoms with Gasteiger partial charge in [-0.05, 0) is 42.0 Å². The second kappa shape index (κ2) is 8.21. The number of carbonyl (C=O) groups is 1. The van der Waals surface area contributed by atoms with Crippen molar-refractivity contribution in [1.29, 1.82) is 0 Å². The van der Waals surface area contributed by atoms with Gasteiger partial charge in [0.25, 0.3) is 0 Å². The lowest BCUT2D eigenvalue weighted by Crippen LogP contribution is -2.32.